The fourth-order valence-electron chi connectivity index (χ4n) is 1.31. The molecule has 0 spiro atoms. The Balaban J connectivity index is 3.10. The highest BCUT2D eigenvalue weighted by Gasteiger charge is 2.00. The van der Waals surface area contributed by atoms with E-state index in [-0.39, 0.29) is 0 Å². The van der Waals surface area contributed by atoms with Crippen LogP contribution in [-0.2, 0) is 4.74 Å². The van der Waals surface area contributed by atoms with Gasteiger partial charge in [0.25, 0.3) is 0 Å². The van der Waals surface area contributed by atoms with Gasteiger partial charge in [0, 0.05) is 6.61 Å². The van der Waals surface area contributed by atoms with Gasteiger partial charge in [-0.25, -0.2) is 0 Å². The highest BCUT2D eigenvalue weighted by atomic mass is 16.5. The Kier molecular flexibility index (Phi) is 9.42. The van der Waals surface area contributed by atoms with Crippen molar-refractivity contribution >= 4 is 0 Å². The van der Waals surface area contributed by atoms with Gasteiger partial charge in [-0.05, 0) is 45.2 Å². The van der Waals surface area contributed by atoms with Gasteiger partial charge < -0.3 is 10.1 Å². The molecule has 0 amide bonds. The van der Waals surface area contributed by atoms with E-state index in [1.807, 2.05) is 0 Å². The Labute approximate surface area is 89.4 Å². The van der Waals surface area contributed by atoms with Gasteiger partial charge in [-0.15, -0.1) is 0 Å². The van der Waals surface area contributed by atoms with Crippen molar-refractivity contribution in [1.29, 1.82) is 0 Å². The van der Waals surface area contributed by atoms with Crippen LogP contribution < -0.4 is 5.32 Å². The van der Waals surface area contributed by atoms with Crippen molar-refractivity contribution in [1.82, 2.24) is 5.32 Å². The van der Waals surface area contributed by atoms with Gasteiger partial charge in [-0.3, -0.25) is 0 Å². The molecule has 0 aliphatic carbocycles. The highest BCUT2D eigenvalue weighted by Crippen LogP contribution is 2.01. The van der Waals surface area contributed by atoms with Crippen molar-refractivity contribution < 1.29 is 4.74 Å². The van der Waals surface area contributed by atoms with Crippen molar-refractivity contribution in [3.05, 3.63) is 0 Å². The zero-order valence-electron chi connectivity index (χ0n) is 10.3. The van der Waals surface area contributed by atoms with Crippen molar-refractivity contribution in [3.8, 4) is 0 Å². The topological polar surface area (TPSA) is 21.3 Å². The fraction of sp³-hybridized carbons (Fsp3) is 1.00. The molecule has 0 radical (unpaired) electrons. The smallest absolute Gasteiger partial charge is 0.0547 e. The summed E-state index contributed by atoms with van der Waals surface area (Å²) < 4.78 is 5.59. The Bertz CT molecular complexity index is 115. The first-order valence-corrected chi connectivity index (χ1v) is 5.99. The molecule has 86 valence electrons. The molecule has 0 saturated heterocycles. The molecule has 0 bridgehead atoms. The largest absolute Gasteiger partial charge is 0.379 e. The van der Waals surface area contributed by atoms with Crippen LogP contribution in [0.3, 0.4) is 0 Å². The minimum Gasteiger partial charge on any atom is -0.379 e. The van der Waals surface area contributed by atoms with Crippen LogP contribution in [0.4, 0.5) is 0 Å². The van der Waals surface area contributed by atoms with Crippen LogP contribution in [-0.4, -0.2) is 25.8 Å². The first-order chi connectivity index (χ1) is 6.66. The molecule has 1 atom stereocenters. The Morgan fingerprint density at radius 3 is 2.50 bits per heavy atom. The lowest BCUT2D eigenvalue weighted by atomic mass is 10.2. The molecular formula is C12H27NO. The molecule has 1 unspecified atom stereocenters. The van der Waals surface area contributed by atoms with E-state index in [4.69, 9.17) is 4.74 Å². The number of hydrogen-bond acceptors (Lipinski definition) is 2. The summed E-state index contributed by atoms with van der Waals surface area (Å²) in [6.07, 6.45) is 3.94. The third kappa shape index (κ3) is 10.0. The van der Waals surface area contributed by atoms with E-state index in [0.29, 0.717) is 6.10 Å². The standard InChI is InChI=1S/C12H27NO/c1-5-9-14-12(4)7-6-8-13-10-11(2)3/h11-13H,5-10H2,1-4H3. The third-order valence-electron chi connectivity index (χ3n) is 2.12. The van der Waals surface area contributed by atoms with Gasteiger partial charge in [0.05, 0.1) is 6.10 Å². The van der Waals surface area contributed by atoms with E-state index >= 15 is 0 Å². The lowest BCUT2D eigenvalue weighted by Crippen LogP contribution is -2.22. The summed E-state index contributed by atoms with van der Waals surface area (Å²) in [7, 11) is 0. The van der Waals surface area contributed by atoms with E-state index < -0.39 is 0 Å². The maximum absolute atomic E-state index is 5.59. The SMILES string of the molecule is CCCOC(C)CCCNCC(C)C. The van der Waals surface area contributed by atoms with Gasteiger partial charge in [0.1, 0.15) is 0 Å². The number of nitrogens with one attached hydrogen (secondary N) is 1. The third-order valence-corrected chi connectivity index (χ3v) is 2.12. The first kappa shape index (κ1) is 13.9. The van der Waals surface area contributed by atoms with E-state index in [0.717, 1.165) is 32.0 Å². The predicted molar refractivity (Wildman–Crippen MR) is 62.6 cm³/mol. The van der Waals surface area contributed by atoms with Gasteiger partial charge in [0.15, 0.2) is 0 Å². The normalized spacial score (nSPS) is 13.5. The van der Waals surface area contributed by atoms with Crippen molar-refractivity contribution in [2.24, 2.45) is 5.92 Å². The molecule has 0 aromatic rings. The summed E-state index contributed by atoms with van der Waals surface area (Å²) >= 11 is 0. The van der Waals surface area contributed by atoms with E-state index in [2.05, 4.69) is 33.0 Å². The second-order valence-electron chi connectivity index (χ2n) is 4.42. The zero-order chi connectivity index (χ0) is 10.8. The summed E-state index contributed by atoms with van der Waals surface area (Å²) in [6, 6.07) is 0. The minimum absolute atomic E-state index is 0.427. The Morgan fingerprint density at radius 2 is 1.93 bits per heavy atom. The van der Waals surface area contributed by atoms with E-state index in [9.17, 15) is 0 Å². The van der Waals surface area contributed by atoms with Crippen LogP contribution in [0, 0.1) is 5.92 Å². The molecule has 0 saturated carbocycles. The minimum atomic E-state index is 0.427. The van der Waals surface area contributed by atoms with Gasteiger partial charge in [-0.1, -0.05) is 20.8 Å². The molecule has 1 N–H and O–H groups in total. The lowest BCUT2D eigenvalue weighted by Gasteiger charge is -2.12. The lowest BCUT2D eigenvalue weighted by molar-refractivity contribution is 0.0594. The van der Waals surface area contributed by atoms with Crippen molar-refractivity contribution in [2.75, 3.05) is 19.7 Å². The molecule has 0 aliphatic rings. The summed E-state index contributed by atoms with van der Waals surface area (Å²) in [4.78, 5) is 0. The van der Waals surface area contributed by atoms with Gasteiger partial charge in [-0.2, -0.15) is 0 Å². The molecule has 0 aliphatic heterocycles. The van der Waals surface area contributed by atoms with Crippen LogP contribution in [0.15, 0.2) is 0 Å². The number of ether oxygens (including phenoxy) is 1. The van der Waals surface area contributed by atoms with Crippen LogP contribution >= 0.6 is 0 Å². The Morgan fingerprint density at radius 1 is 1.21 bits per heavy atom. The van der Waals surface area contributed by atoms with Crippen molar-refractivity contribution in [2.45, 2.75) is 53.1 Å². The maximum atomic E-state index is 5.59. The summed E-state index contributed by atoms with van der Waals surface area (Å²) in [5, 5.41) is 3.44. The van der Waals surface area contributed by atoms with Gasteiger partial charge in [0.2, 0.25) is 0 Å². The fourth-order valence-corrected chi connectivity index (χ4v) is 1.31. The molecule has 0 heterocycles. The zero-order valence-corrected chi connectivity index (χ0v) is 10.3. The second kappa shape index (κ2) is 9.47. The monoisotopic (exact) mass is 201 g/mol. The van der Waals surface area contributed by atoms with Gasteiger partial charge >= 0.3 is 0 Å². The van der Waals surface area contributed by atoms with E-state index in [1.165, 1.54) is 12.8 Å². The molecular weight excluding hydrogens is 174 g/mol. The first-order valence-electron chi connectivity index (χ1n) is 5.99. The second-order valence-corrected chi connectivity index (χ2v) is 4.42. The van der Waals surface area contributed by atoms with E-state index in [1.54, 1.807) is 0 Å². The van der Waals surface area contributed by atoms with Crippen LogP contribution in [0.25, 0.3) is 0 Å². The molecule has 0 aromatic carbocycles. The molecule has 2 heteroatoms. The molecule has 2 nitrogen and oxygen atoms in total. The van der Waals surface area contributed by atoms with Crippen molar-refractivity contribution in [3.63, 3.8) is 0 Å². The quantitative estimate of drug-likeness (QED) is 0.579. The van der Waals surface area contributed by atoms with Crippen LogP contribution in [0.2, 0.25) is 0 Å². The predicted octanol–water partition coefficient (Wildman–Crippen LogP) is 2.83. The molecule has 14 heavy (non-hydrogen) atoms. The maximum Gasteiger partial charge on any atom is 0.0547 e. The average molecular weight is 201 g/mol. The highest BCUT2D eigenvalue weighted by molar-refractivity contribution is 4.55. The number of rotatable bonds is 9. The summed E-state index contributed by atoms with van der Waals surface area (Å²) in [6.45, 7) is 11.9. The summed E-state index contributed by atoms with van der Waals surface area (Å²) in [5.41, 5.74) is 0. The van der Waals surface area contributed by atoms with Crippen LogP contribution in [0.1, 0.15) is 47.0 Å². The molecule has 0 rings (SSSR count). The number of hydrogen-bond donors (Lipinski definition) is 1. The molecule has 0 fully saturated rings. The molecule has 0 aromatic heterocycles. The van der Waals surface area contributed by atoms with Crippen LogP contribution in [0.5, 0.6) is 0 Å². The average Bonchev–Trinajstić information content (AvgIpc) is 2.13. The Hall–Kier alpha value is -0.0800. The summed E-state index contributed by atoms with van der Waals surface area (Å²) in [5.74, 6) is 0.753.